The fourth-order valence-corrected chi connectivity index (χ4v) is 4.25. The van der Waals surface area contributed by atoms with E-state index in [1.54, 1.807) is 18.2 Å². The van der Waals surface area contributed by atoms with Crippen LogP contribution in [0.5, 0.6) is 0 Å². The van der Waals surface area contributed by atoms with Gasteiger partial charge in [0.15, 0.2) is 5.76 Å². The summed E-state index contributed by atoms with van der Waals surface area (Å²) in [4.78, 5) is 28.9. The number of benzene rings is 1. The monoisotopic (exact) mass is 418 g/mol. The molecule has 29 heavy (non-hydrogen) atoms. The van der Waals surface area contributed by atoms with Crippen molar-refractivity contribution in [3.05, 3.63) is 29.0 Å². The SMILES string of the molecule is CCC(=O)N1CCCC(CN(C(=O)NCc2onc3ccc(Cl)cc23)C2CC2)C1. The number of amides is 3. The molecule has 1 aliphatic heterocycles. The predicted octanol–water partition coefficient (Wildman–Crippen LogP) is 3.80. The Kier molecular flexibility index (Phi) is 5.94. The number of likely N-dealkylation sites (tertiary alicyclic amines) is 1. The van der Waals surface area contributed by atoms with Crippen LogP contribution in [0.25, 0.3) is 10.9 Å². The van der Waals surface area contributed by atoms with Gasteiger partial charge in [0.05, 0.1) is 6.54 Å². The normalized spacial score (nSPS) is 19.4. The number of aromatic nitrogens is 1. The summed E-state index contributed by atoms with van der Waals surface area (Å²) < 4.78 is 5.39. The summed E-state index contributed by atoms with van der Waals surface area (Å²) in [6.45, 7) is 4.43. The summed E-state index contributed by atoms with van der Waals surface area (Å²) in [5, 5.41) is 8.43. The minimum atomic E-state index is -0.0852. The van der Waals surface area contributed by atoms with Gasteiger partial charge in [-0.25, -0.2) is 4.79 Å². The summed E-state index contributed by atoms with van der Waals surface area (Å²) in [7, 11) is 0. The van der Waals surface area contributed by atoms with E-state index in [1.807, 2.05) is 16.7 Å². The van der Waals surface area contributed by atoms with E-state index in [2.05, 4.69) is 10.5 Å². The second-order valence-electron chi connectivity index (χ2n) is 8.01. The quantitative estimate of drug-likeness (QED) is 0.773. The molecule has 2 aromatic rings. The predicted molar refractivity (Wildman–Crippen MR) is 111 cm³/mol. The van der Waals surface area contributed by atoms with Crippen LogP contribution >= 0.6 is 11.6 Å². The summed E-state index contributed by atoms with van der Waals surface area (Å²) in [5.74, 6) is 1.13. The second kappa shape index (κ2) is 8.61. The first-order valence-corrected chi connectivity index (χ1v) is 10.8. The zero-order valence-corrected chi connectivity index (χ0v) is 17.5. The highest BCUT2D eigenvalue weighted by Gasteiger charge is 2.35. The van der Waals surface area contributed by atoms with Crippen LogP contribution in [0, 0.1) is 5.92 Å². The van der Waals surface area contributed by atoms with Gasteiger partial charge in [0.2, 0.25) is 5.91 Å². The van der Waals surface area contributed by atoms with E-state index in [0.717, 1.165) is 49.7 Å². The Morgan fingerprint density at radius 2 is 2.17 bits per heavy atom. The minimum absolute atomic E-state index is 0.0852. The molecular weight excluding hydrogens is 392 g/mol. The molecule has 2 aliphatic rings. The number of halogens is 1. The molecule has 1 aromatic carbocycles. The summed E-state index contributed by atoms with van der Waals surface area (Å²) >= 11 is 6.07. The largest absolute Gasteiger partial charge is 0.358 e. The maximum absolute atomic E-state index is 12.9. The molecule has 1 saturated carbocycles. The lowest BCUT2D eigenvalue weighted by Gasteiger charge is -2.35. The third kappa shape index (κ3) is 4.66. The molecule has 1 saturated heterocycles. The van der Waals surface area contributed by atoms with Crippen LogP contribution in [-0.4, -0.2) is 52.6 Å². The number of fused-ring (bicyclic) bond motifs is 1. The van der Waals surface area contributed by atoms with Crippen molar-refractivity contribution in [2.45, 2.75) is 51.6 Å². The van der Waals surface area contributed by atoms with Gasteiger partial charge in [-0.2, -0.15) is 0 Å². The van der Waals surface area contributed by atoms with Crippen molar-refractivity contribution in [1.29, 1.82) is 0 Å². The highest BCUT2D eigenvalue weighted by atomic mass is 35.5. The molecule has 3 amide bonds. The van der Waals surface area contributed by atoms with Crippen molar-refractivity contribution < 1.29 is 14.1 Å². The molecule has 0 bridgehead atoms. The standard InChI is InChI=1S/C21H27ClN4O3/c1-2-20(27)25-9-3-4-14(12-25)13-26(16-6-7-16)21(28)23-11-19-17-10-15(22)5-8-18(17)24-29-19/h5,8,10,14,16H,2-4,6-7,9,11-13H2,1H3,(H,23,28). The van der Waals surface area contributed by atoms with Gasteiger partial charge < -0.3 is 19.6 Å². The molecule has 0 radical (unpaired) electrons. The first-order valence-electron chi connectivity index (χ1n) is 10.4. The molecule has 2 fully saturated rings. The maximum Gasteiger partial charge on any atom is 0.318 e. The summed E-state index contributed by atoms with van der Waals surface area (Å²) in [5.41, 5.74) is 0.723. The Balaban J connectivity index is 1.37. The molecule has 1 N–H and O–H groups in total. The van der Waals surface area contributed by atoms with Crippen LogP contribution < -0.4 is 5.32 Å². The number of nitrogens with zero attached hydrogens (tertiary/aromatic N) is 3. The van der Waals surface area contributed by atoms with Gasteiger partial charge in [-0.15, -0.1) is 0 Å². The third-order valence-corrected chi connectivity index (χ3v) is 6.03. The molecule has 1 aromatic heterocycles. The van der Waals surface area contributed by atoms with E-state index in [9.17, 15) is 9.59 Å². The maximum atomic E-state index is 12.9. The Labute approximate surface area is 175 Å². The third-order valence-electron chi connectivity index (χ3n) is 5.79. The average Bonchev–Trinajstić information content (AvgIpc) is 3.50. The van der Waals surface area contributed by atoms with Crippen LogP contribution in [-0.2, 0) is 11.3 Å². The van der Waals surface area contributed by atoms with Gasteiger partial charge in [0.1, 0.15) is 5.52 Å². The highest BCUT2D eigenvalue weighted by Crippen LogP contribution is 2.30. The van der Waals surface area contributed by atoms with Gasteiger partial charge in [0.25, 0.3) is 0 Å². The number of urea groups is 1. The molecule has 156 valence electrons. The van der Waals surface area contributed by atoms with Gasteiger partial charge in [-0.05, 0) is 49.8 Å². The van der Waals surface area contributed by atoms with Crippen molar-refractivity contribution in [2.75, 3.05) is 19.6 Å². The van der Waals surface area contributed by atoms with Crippen LogP contribution in [0.15, 0.2) is 22.7 Å². The number of carbonyl (C=O) groups excluding carboxylic acids is 2. The van der Waals surface area contributed by atoms with Crippen molar-refractivity contribution in [2.24, 2.45) is 5.92 Å². The van der Waals surface area contributed by atoms with E-state index in [1.165, 1.54) is 0 Å². The molecule has 8 heteroatoms. The first-order chi connectivity index (χ1) is 14.0. The number of rotatable bonds is 6. The lowest BCUT2D eigenvalue weighted by atomic mass is 9.97. The van der Waals surface area contributed by atoms with E-state index in [4.69, 9.17) is 16.1 Å². The smallest absolute Gasteiger partial charge is 0.318 e. The molecule has 1 aliphatic carbocycles. The summed E-state index contributed by atoms with van der Waals surface area (Å²) in [6.07, 6.45) is 4.67. The molecule has 1 atom stereocenters. The number of hydrogen-bond donors (Lipinski definition) is 1. The minimum Gasteiger partial charge on any atom is -0.358 e. The topological polar surface area (TPSA) is 78.7 Å². The lowest BCUT2D eigenvalue weighted by Crippen LogP contribution is -2.48. The van der Waals surface area contributed by atoms with Gasteiger partial charge in [-0.1, -0.05) is 23.7 Å². The number of carbonyl (C=O) groups is 2. The Bertz CT molecular complexity index is 895. The Morgan fingerprint density at radius 3 is 2.93 bits per heavy atom. The average molecular weight is 419 g/mol. The number of piperidine rings is 1. The zero-order chi connectivity index (χ0) is 20.4. The van der Waals surface area contributed by atoms with E-state index in [0.29, 0.717) is 35.7 Å². The van der Waals surface area contributed by atoms with Crippen LogP contribution in [0.1, 0.15) is 44.8 Å². The molecule has 2 heterocycles. The number of nitrogens with one attached hydrogen (secondary N) is 1. The Morgan fingerprint density at radius 1 is 1.34 bits per heavy atom. The van der Waals surface area contributed by atoms with Crippen LogP contribution in [0.3, 0.4) is 0 Å². The van der Waals surface area contributed by atoms with Gasteiger partial charge in [-0.3, -0.25) is 4.79 Å². The van der Waals surface area contributed by atoms with Gasteiger partial charge >= 0.3 is 6.03 Å². The molecule has 0 spiro atoms. The molecule has 7 nitrogen and oxygen atoms in total. The fourth-order valence-electron chi connectivity index (χ4n) is 4.08. The molecule has 4 rings (SSSR count). The Hall–Kier alpha value is -2.28. The second-order valence-corrected chi connectivity index (χ2v) is 8.45. The van der Waals surface area contributed by atoms with E-state index < -0.39 is 0 Å². The first kappa shape index (κ1) is 20.0. The van der Waals surface area contributed by atoms with Gasteiger partial charge in [0, 0.05) is 42.5 Å². The van der Waals surface area contributed by atoms with E-state index >= 15 is 0 Å². The van der Waals surface area contributed by atoms with Crippen molar-refractivity contribution in [3.63, 3.8) is 0 Å². The van der Waals surface area contributed by atoms with Crippen LogP contribution in [0.4, 0.5) is 4.79 Å². The number of hydrogen-bond acceptors (Lipinski definition) is 4. The van der Waals surface area contributed by atoms with E-state index in [-0.39, 0.29) is 18.5 Å². The van der Waals surface area contributed by atoms with Crippen molar-refractivity contribution in [1.82, 2.24) is 20.3 Å². The van der Waals surface area contributed by atoms with Crippen molar-refractivity contribution in [3.8, 4) is 0 Å². The fraction of sp³-hybridized carbons (Fsp3) is 0.571. The van der Waals surface area contributed by atoms with Crippen LogP contribution in [0.2, 0.25) is 5.02 Å². The summed E-state index contributed by atoms with van der Waals surface area (Å²) in [6, 6.07) is 5.58. The molecular formula is C21H27ClN4O3. The van der Waals surface area contributed by atoms with Crippen molar-refractivity contribution >= 4 is 34.4 Å². The highest BCUT2D eigenvalue weighted by molar-refractivity contribution is 6.31. The zero-order valence-electron chi connectivity index (χ0n) is 16.7. The lowest BCUT2D eigenvalue weighted by molar-refractivity contribution is -0.132. The molecule has 1 unspecified atom stereocenters.